The highest BCUT2D eigenvalue weighted by Crippen LogP contribution is 2.22. The summed E-state index contributed by atoms with van der Waals surface area (Å²) in [5, 5.41) is 0.760. The van der Waals surface area contributed by atoms with Gasteiger partial charge in [0.05, 0.1) is 5.02 Å². The van der Waals surface area contributed by atoms with Crippen molar-refractivity contribution in [3.8, 4) is 0 Å². The Morgan fingerprint density at radius 2 is 2.26 bits per heavy atom. The number of hydrogen-bond donors (Lipinski definition) is 1. The van der Waals surface area contributed by atoms with Gasteiger partial charge < -0.3 is 5.73 Å². The predicted octanol–water partition coefficient (Wildman–Crippen LogP) is 3.14. The maximum atomic E-state index is 6.13. The summed E-state index contributed by atoms with van der Waals surface area (Å²) in [6.45, 7) is 5.23. The molecular formula is C13H22Cl3N3. The molecule has 0 aromatic carbocycles. The molecule has 110 valence electrons. The van der Waals surface area contributed by atoms with Gasteiger partial charge in [-0.1, -0.05) is 11.6 Å². The molecule has 1 aliphatic rings. The standard InChI is InChI=1S/C13H20ClN3.2ClH/c1-10(15)11-3-2-6-17(8-11)9-12-4-5-16-7-13(12)14;;/h4-5,7,10-11H,2-3,6,8-9,15H2,1H3;2*1H. The molecule has 2 heterocycles. The van der Waals surface area contributed by atoms with E-state index in [1.807, 2.05) is 6.07 Å². The van der Waals surface area contributed by atoms with Gasteiger partial charge in [-0.05, 0) is 43.9 Å². The minimum Gasteiger partial charge on any atom is -0.328 e. The molecule has 0 bridgehead atoms. The molecule has 0 amide bonds. The molecule has 2 rings (SSSR count). The monoisotopic (exact) mass is 325 g/mol. The van der Waals surface area contributed by atoms with Crippen molar-refractivity contribution in [1.29, 1.82) is 0 Å². The Morgan fingerprint density at radius 1 is 1.53 bits per heavy atom. The first-order valence-electron chi connectivity index (χ1n) is 6.23. The number of nitrogens with zero attached hydrogens (tertiary/aromatic N) is 2. The summed E-state index contributed by atoms with van der Waals surface area (Å²) in [6.07, 6.45) is 5.99. The molecule has 1 saturated heterocycles. The number of aromatic nitrogens is 1. The Labute approximate surface area is 132 Å². The average Bonchev–Trinajstić information content (AvgIpc) is 2.32. The van der Waals surface area contributed by atoms with E-state index < -0.39 is 0 Å². The molecule has 19 heavy (non-hydrogen) atoms. The lowest BCUT2D eigenvalue weighted by Crippen LogP contribution is -2.41. The van der Waals surface area contributed by atoms with Crippen molar-refractivity contribution in [2.24, 2.45) is 11.7 Å². The van der Waals surface area contributed by atoms with Crippen LogP contribution in [0.1, 0.15) is 25.3 Å². The largest absolute Gasteiger partial charge is 0.328 e. The molecule has 0 saturated carbocycles. The van der Waals surface area contributed by atoms with Crippen molar-refractivity contribution in [3.63, 3.8) is 0 Å². The summed E-state index contributed by atoms with van der Waals surface area (Å²) in [7, 11) is 0. The Bertz CT molecular complexity index is 374. The van der Waals surface area contributed by atoms with Crippen LogP contribution >= 0.6 is 36.4 Å². The topological polar surface area (TPSA) is 42.1 Å². The molecule has 1 aliphatic heterocycles. The molecular weight excluding hydrogens is 305 g/mol. The minimum atomic E-state index is 0. The van der Waals surface area contributed by atoms with Crippen molar-refractivity contribution in [3.05, 3.63) is 29.0 Å². The van der Waals surface area contributed by atoms with E-state index in [2.05, 4.69) is 16.8 Å². The zero-order valence-electron chi connectivity index (χ0n) is 11.1. The second kappa shape index (κ2) is 8.98. The zero-order valence-corrected chi connectivity index (χ0v) is 13.5. The summed E-state index contributed by atoms with van der Waals surface area (Å²) in [5.41, 5.74) is 7.15. The number of rotatable bonds is 3. The van der Waals surface area contributed by atoms with Crippen molar-refractivity contribution >= 4 is 36.4 Å². The van der Waals surface area contributed by atoms with Gasteiger partial charge >= 0.3 is 0 Å². The van der Waals surface area contributed by atoms with Gasteiger partial charge in [-0.2, -0.15) is 0 Å². The average molecular weight is 327 g/mol. The molecule has 0 aliphatic carbocycles. The summed E-state index contributed by atoms with van der Waals surface area (Å²) >= 11 is 6.13. The second-order valence-corrected chi connectivity index (χ2v) is 5.37. The highest BCUT2D eigenvalue weighted by Gasteiger charge is 2.22. The van der Waals surface area contributed by atoms with E-state index >= 15 is 0 Å². The summed E-state index contributed by atoms with van der Waals surface area (Å²) < 4.78 is 0. The quantitative estimate of drug-likeness (QED) is 0.928. The van der Waals surface area contributed by atoms with Gasteiger partial charge in [0, 0.05) is 31.5 Å². The number of likely N-dealkylation sites (tertiary alicyclic amines) is 1. The number of nitrogens with two attached hydrogens (primary N) is 1. The smallest absolute Gasteiger partial charge is 0.0634 e. The van der Waals surface area contributed by atoms with Gasteiger partial charge in [-0.25, -0.2) is 0 Å². The fraction of sp³-hybridized carbons (Fsp3) is 0.615. The predicted molar refractivity (Wildman–Crippen MR) is 85.4 cm³/mol. The number of hydrogen-bond acceptors (Lipinski definition) is 3. The summed E-state index contributed by atoms with van der Waals surface area (Å²) in [4.78, 5) is 6.45. The van der Waals surface area contributed by atoms with E-state index in [9.17, 15) is 0 Å². The zero-order chi connectivity index (χ0) is 12.3. The first kappa shape index (κ1) is 18.9. The SMILES string of the molecule is CC(N)C1CCCN(Cc2ccncc2Cl)C1.Cl.Cl. The molecule has 2 N–H and O–H groups in total. The van der Waals surface area contributed by atoms with Gasteiger partial charge in [-0.15, -0.1) is 24.8 Å². The van der Waals surface area contributed by atoms with E-state index in [-0.39, 0.29) is 30.9 Å². The van der Waals surface area contributed by atoms with Crippen LogP contribution in [-0.4, -0.2) is 29.0 Å². The van der Waals surface area contributed by atoms with Crippen LogP contribution in [0.25, 0.3) is 0 Å². The minimum absolute atomic E-state index is 0. The molecule has 2 unspecified atom stereocenters. The maximum Gasteiger partial charge on any atom is 0.0634 e. The van der Waals surface area contributed by atoms with Crippen LogP contribution in [0.2, 0.25) is 5.02 Å². The fourth-order valence-corrected chi connectivity index (χ4v) is 2.62. The maximum absolute atomic E-state index is 6.13. The molecule has 0 spiro atoms. The van der Waals surface area contributed by atoms with Gasteiger partial charge in [0.1, 0.15) is 0 Å². The van der Waals surface area contributed by atoms with Gasteiger partial charge in [0.15, 0.2) is 0 Å². The highest BCUT2D eigenvalue weighted by atomic mass is 35.5. The number of pyridine rings is 1. The Hall–Kier alpha value is -0.0600. The van der Waals surface area contributed by atoms with Crippen LogP contribution in [0.5, 0.6) is 0 Å². The summed E-state index contributed by atoms with van der Waals surface area (Å²) in [6, 6.07) is 2.28. The van der Waals surface area contributed by atoms with Gasteiger partial charge in [0.2, 0.25) is 0 Å². The van der Waals surface area contributed by atoms with E-state index in [1.54, 1.807) is 12.4 Å². The fourth-order valence-electron chi connectivity index (χ4n) is 2.44. The van der Waals surface area contributed by atoms with E-state index in [0.29, 0.717) is 5.92 Å². The van der Waals surface area contributed by atoms with Crippen molar-refractivity contribution in [2.45, 2.75) is 32.4 Å². The van der Waals surface area contributed by atoms with Crippen molar-refractivity contribution < 1.29 is 0 Å². The van der Waals surface area contributed by atoms with Crippen LogP contribution < -0.4 is 5.73 Å². The molecule has 1 aromatic heterocycles. The Kier molecular flexibility index (Phi) is 8.95. The van der Waals surface area contributed by atoms with Gasteiger partial charge in [-0.3, -0.25) is 9.88 Å². The van der Waals surface area contributed by atoms with Crippen LogP contribution in [0.3, 0.4) is 0 Å². The lowest BCUT2D eigenvalue weighted by molar-refractivity contribution is 0.154. The second-order valence-electron chi connectivity index (χ2n) is 4.96. The van der Waals surface area contributed by atoms with Gasteiger partial charge in [0.25, 0.3) is 0 Å². The first-order valence-corrected chi connectivity index (χ1v) is 6.61. The Morgan fingerprint density at radius 3 is 2.89 bits per heavy atom. The molecule has 2 atom stereocenters. The van der Waals surface area contributed by atoms with Crippen LogP contribution in [0.15, 0.2) is 18.5 Å². The van der Waals surface area contributed by atoms with E-state index in [1.165, 1.54) is 12.8 Å². The number of piperidine rings is 1. The van der Waals surface area contributed by atoms with Crippen LogP contribution in [-0.2, 0) is 6.54 Å². The van der Waals surface area contributed by atoms with Crippen molar-refractivity contribution in [2.75, 3.05) is 13.1 Å². The summed E-state index contributed by atoms with van der Waals surface area (Å²) in [5.74, 6) is 0.615. The van der Waals surface area contributed by atoms with E-state index in [0.717, 1.165) is 30.2 Å². The van der Waals surface area contributed by atoms with Crippen LogP contribution in [0.4, 0.5) is 0 Å². The van der Waals surface area contributed by atoms with Crippen molar-refractivity contribution in [1.82, 2.24) is 9.88 Å². The molecule has 1 fully saturated rings. The van der Waals surface area contributed by atoms with Crippen LogP contribution in [0, 0.1) is 5.92 Å². The number of halogens is 3. The lowest BCUT2D eigenvalue weighted by Gasteiger charge is -2.34. The van der Waals surface area contributed by atoms with E-state index in [4.69, 9.17) is 17.3 Å². The lowest BCUT2D eigenvalue weighted by atomic mass is 9.92. The molecule has 0 radical (unpaired) electrons. The third-order valence-corrected chi connectivity index (χ3v) is 3.88. The normalized spacial score (nSPS) is 21.1. The highest BCUT2D eigenvalue weighted by molar-refractivity contribution is 6.31. The Balaban J connectivity index is 0.00000162. The third kappa shape index (κ3) is 5.44. The molecule has 3 nitrogen and oxygen atoms in total. The molecule has 6 heteroatoms. The first-order chi connectivity index (χ1) is 8.16. The molecule has 1 aromatic rings. The third-order valence-electron chi connectivity index (χ3n) is 3.54.